The summed E-state index contributed by atoms with van der Waals surface area (Å²) in [4.78, 5) is 10.4. The SMILES string of the molecule is CCCOCCN1CC2C[C@H]1CN2CCOCCN1CCN(CCC)CC1. The molecule has 3 aliphatic heterocycles. The van der Waals surface area contributed by atoms with Crippen LogP contribution in [0.3, 0.4) is 0 Å². The molecular weight excluding hydrogens is 340 g/mol. The fourth-order valence-corrected chi connectivity index (χ4v) is 4.84. The number of nitrogens with zero attached hydrogens (tertiary/aromatic N) is 4. The van der Waals surface area contributed by atoms with Crippen molar-refractivity contribution in [3.8, 4) is 0 Å². The molecule has 0 amide bonds. The topological polar surface area (TPSA) is 31.4 Å². The van der Waals surface area contributed by atoms with Gasteiger partial charge < -0.3 is 14.4 Å². The number of hydrogen-bond acceptors (Lipinski definition) is 6. The second-order valence-electron chi connectivity index (χ2n) is 8.44. The van der Waals surface area contributed by atoms with Crippen molar-refractivity contribution in [1.29, 1.82) is 0 Å². The van der Waals surface area contributed by atoms with Crippen LogP contribution < -0.4 is 0 Å². The van der Waals surface area contributed by atoms with Gasteiger partial charge in [-0.05, 0) is 25.8 Å². The van der Waals surface area contributed by atoms with Gasteiger partial charge in [-0.15, -0.1) is 0 Å². The average Bonchev–Trinajstić information content (AvgIpc) is 3.27. The largest absolute Gasteiger partial charge is 0.380 e. The zero-order chi connectivity index (χ0) is 18.9. The highest BCUT2D eigenvalue weighted by Gasteiger charge is 2.42. The number of likely N-dealkylation sites (tertiary alicyclic amines) is 2. The summed E-state index contributed by atoms with van der Waals surface area (Å²) in [5, 5.41) is 0. The van der Waals surface area contributed by atoms with Crippen LogP contribution in [0.5, 0.6) is 0 Å². The molecule has 3 heterocycles. The summed E-state index contributed by atoms with van der Waals surface area (Å²) in [6, 6.07) is 1.50. The number of fused-ring (bicyclic) bond motifs is 2. The minimum atomic E-state index is 0.747. The van der Waals surface area contributed by atoms with E-state index in [1.54, 1.807) is 0 Å². The van der Waals surface area contributed by atoms with Crippen molar-refractivity contribution in [3.63, 3.8) is 0 Å². The molecule has 158 valence electrons. The quantitative estimate of drug-likeness (QED) is 0.445. The van der Waals surface area contributed by atoms with Gasteiger partial charge in [0.15, 0.2) is 0 Å². The number of hydrogen-bond donors (Lipinski definition) is 0. The van der Waals surface area contributed by atoms with E-state index >= 15 is 0 Å². The van der Waals surface area contributed by atoms with Crippen molar-refractivity contribution in [2.24, 2.45) is 0 Å². The lowest BCUT2D eigenvalue weighted by Gasteiger charge is -2.35. The maximum atomic E-state index is 5.97. The normalized spacial score (nSPS) is 27.8. The fourth-order valence-electron chi connectivity index (χ4n) is 4.84. The van der Waals surface area contributed by atoms with Gasteiger partial charge >= 0.3 is 0 Å². The lowest BCUT2D eigenvalue weighted by molar-refractivity contribution is 0.0437. The van der Waals surface area contributed by atoms with Crippen molar-refractivity contribution in [1.82, 2.24) is 19.6 Å². The highest BCUT2D eigenvalue weighted by molar-refractivity contribution is 4.99. The molecule has 0 aliphatic carbocycles. The van der Waals surface area contributed by atoms with E-state index in [4.69, 9.17) is 9.47 Å². The van der Waals surface area contributed by atoms with Crippen LogP contribution >= 0.6 is 0 Å². The Balaban J connectivity index is 1.19. The highest BCUT2D eigenvalue weighted by atomic mass is 16.5. The predicted molar refractivity (Wildman–Crippen MR) is 110 cm³/mol. The third kappa shape index (κ3) is 6.65. The summed E-state index contributed by atoms with van der Waals surface area (Å²) in [6.07, 6.45) is 3.73. The molecule has 2 bridgehead atoms. The second kappa shape index (κ2) is 11.7. The molecule has 3 rings (SSSR count). The Hall–Kier alpha value is -0.240. The van der Waals surface area contributed by atoms with Crippen LogP contribution in [0.15, 0.2) is 0 Å². The highest BCUT2D eigenvalue weighted by Crippen LogP contribution is 2.29. The molecule has 3 saturated heterocycles. The Kier molecular flexibility index (Phi) is 9.29. The van der Waals surface area contributed by atoms with Gasteiger partial charge in [-0.25, -0.2) is 0 Å². The molecule has 6 heteroatoms. The zero-order valence-electron chi connectivity index (χ0n) is 17.8. The van der Waals surface area contributed by atoms with E-state index in [0.717, 1.165) is 64.6 Å². The second-order valence-corrected chi connectivity index (χ2v) is 8.44. The minimum Gasteiger partial charge on any atom is -0.380 e. The predicted octanol–water partition coefficient (Wildman–Crippen LogP) is 1.22. The monoisotopic (exact) mass is 382 g/mol. The van der Waals surface area contributed by atoms with E-state index in [1.165, 1.54) is 58.7 Å². The van der Waals surface area contributed by atoms with Gasteiger partial charge in [0.25, 0.3) is 0 Å². The number of piperazine rings is 2. The van der Waals surface area contributed by atoms with Crippen LogP contribution in [0.2, 0.25) is 0 Å². The van der Waals surface area contributed by atoms with E-state index in [-0.39, 0.29) is 0 Å². The first kappa shape index (κ1) is 21.5. The van der Waals surface area contributed by atoms with E-state index < -0.39 is 0 Å². The summed E-state index contributed by atoms with van der Waals surface area (Å²) in [5.74, 6) is 0. The fraction of sp³-hybridized carbons (Fsp3) is 1.00. The van der Waals surface area contributed by atoms with E-state index in [9.17, 15) is 0 Å². The molecule has 0 aromatic rings. The van der Waals surface area contributed by atoms with Gasteiger partial charge in [0, 0.05) is 77.6 Å². The molecule has 0 N–H and O–H groups in total. The molecule has 0 aromatic carbocycles. The average molecular weight is 383 g/mol. The van der Waals surface area contributed by atoms with Crippen LogP contribution in [-0.4, -0.2) is 124 Å². The summed E-state index contributed by atoms with van der Waals surface area (Å²) in [6.45, 7) is 19.9. The summed E-state index contributed by atoms with van der Waals surface area (Å²) >= 11 is 0. The van der Waals surface area contributed by atoms with E-state index in [0.29, 0.717) is 0 Å². The summed E-state index contributed by atoms with van der Waals surface area (Å²) in [7, 11) is 0. The van der Waals surface area contributed by atoms with Gasteiger partial charge in [0.1, 0.15) is 0 Å². The van der Waals surface area contributed by atoms with Crippen LogP contribution in [0.4, 0.5) is 0 Å². The first-order chi connectivity index (χ1) is 13.3. The van der Waals surface area contributed by atoms with Crippen molar-refractivity contribution < 1.29 is 9.47 Å². The molecule has 6 nitrogen and oxygen atoms in total. The molecule has 0 radical (unpaired) electrons. The number of rotatable bonds is 13. The van der Waals surface area contributed by atoms with Gasteiger partial charge in [-0.1, -0.05) is 13.8 Å². The Morgan fingerprint density at radius 3 is 1.67 bits per heavy atom. The minimum absolute atomic E-state index is 0.747. The van der Waals surface area contributed by atoms with Crippen LogP contribution in [0.25, 0.3) is 0 Å². The van der Waals surface area contributed by atoms with Crippen molar-refractivity contribution >= 4 is 0 Å². The van der Waals surface area contributed by atoms with Crippen molar-refractivity contribution in [3.05, 3.63) is 0 Å². The Bertz CT molecular complexity index is 404. The zero-order valence-corrected chi connectivity index (χ0v) is 17.8. The molecular formula is C21H42N4O2. The summed E-state index contributed by atoms with van der Waals surface area (Å²) in [5.41, 5.74) is 0. The third-order valence-corrected chi connectivity index (χ3v) is 6.42. The van der Waals surface area contributed by atoms with E-state index in [2.05, 4.69) is 33.4 Å². The molecule has 0 spiro atoms. The van der Waals surface area contributed by atoms with Crippen LogP contribution in [0, 0.1) is 0 Å². The third-order valence-electron chi connectivity index (χ3n) is 6.42. The van der Waals surface area contributed by atoms with Gasteiger partial charge in [-0.3, -0.25) is 14.7 Å². The Morgan fingerprint density at radius 2 is 1.15 bits per heavy atom. The molecule has 2 atom stereocenters. The van der Waals surface area contributed by atoms with Gasteiger partial charge in [0.05, 0.1) is 19.8 Å². The standard InChI is InChI=1S/C21H42N4O2/c1-3-5-22-6-8-23(9-7-22)10-14-27-16-12-25-19-20-17-21(25)18-24(20)11-15-26-13-4-2/h20-21H,3-19H2,1-2H3/t20-,21?/m0/s1. The molecule has 1 unspecified atom stereocenters. The maximum Gasteiger partial charge on any atom is 0.0594 e. The van der Waals surface area contributed by atoms with Gasteiger partial charge in [0.2, 0.25) is 0 Å². The Morgan fingerprint density at radius 1 is 0.630 bits per heavy atom. The van der Waals surface area contributed by atoms with Crippen LogP contribution in [0.1, 0.15) is 33.1 Å². The first-order valence-electron chi connectivity index (χ1n) is 11.4. The van der Waals surface area contributed by atoms with E-state index in [1.807, 2.05) is 0 Å². The molecule has 3 aliphatic rings. The number of ether oxygens (including phenoxy) is 2. The van der Waals surface area contributed by atoms with Crippen molar-refractivity contribution in [2.45, 2.75) is 45.2 Å². The first-order valence-corrected chi connectivity index (χ1v) is 11.4. The lowest BCUT2D eigenvalue weighted by Crippen LogP contribution is -2.48. The van der Waals surface area contributed by atoms with Gasteiger partial charge in [-0.2, -0.15) is 0 Å². The molecule has 0 aromatic heterocycles. The molecule has 27 heavy (non-hydrogen) atoms. The van der Waals surface area contributed by atoms with Crippen molar-refractivity contribution in [2.75, 3.05) is 91.9 Å². The Labute approximate surface area is 166 Å². The smallest absolute Gasteiger partial charge is 0.0594 e. The molecule has 0 saturated carbocycles. The summed E-state index contributed by atoms with van der Waals surface area (Å²) < 4.78 is 11.6. The molecule has 3 fully saturated rings. The van der Waals surface area contributed by atoms with Crippen LogP contribution in [-0.2, 0) is 9.47 Å². The maximum absolute atomic E-state index is 5.97. The lowest BCUT2D eigenvalue weighted by atomic mass is 10.2.